The zero-order valence-corrected chi connectivity index (χ0v) is 15.0. The van der Waals surface area contributed by atoms with Crippen LogP contribution >= 0.6 is 0 Å². The van der Waals surface area contributed by atoms with Crippen molar-refractivity contribution in [2.75, 3.05) is 25.1 Å². The first kappa shape index (κ1) is 15.9. The molecule has 0 radical (unpaired) electrons. The van der Waals surface area contributed by atoms with Crippen molar-refractivity contribution in [2.24, 2.45) is 18.4 Å². The lowest BCUT2D eigenvalue weighted by Gasteiger charge is -2.64. The summed E-state index contributed by atoms with van der Waals surface area (Å²) in [7, 11) is 1.91. The monoisotopic (exact) mass is 332 g/mol. The van der Waals surface area contributed by atoms with Crippen LogP contribution in [0.25, 0.3) is 0 Å². The van der Waals surface area contributed by atoms with Crippen LogP contribution in [0.1, 0.15) is 43.5 Å². The molecule has 1 aromatic rings. The molecule has 1 aromatic heterocycles. The summed E-state index contributed by atoms with van der Waals surface area (Å²) in [5, 5.41) is 7.53. The number of aryl methyl sites for hydroxylation is 2. The van der Waals surface area contributed by atoms with Crippen molar-refractivity contribution >= 4 is 11.7 Å². The van der Waals surface area contributed by atoms with Gasteiger partial charge in [-0.1, -0.05) is 6.42 Å². The van der Waals surface area contributed by atoms with Crippen LogP contribution in [0.3, 0.4) is 0 Å². The minimum atomic E-state index is 0.0446. The van der Waals surface area contributed by atoms with E-state index in [9.17, 15) is 4.79 Å². The number of ether oxygens (including phenoxy) is 1. The molecule has 2 amide bonds. The second-order valence-electron chi connectivity index (χ2n) is 7.84. The Kier molecular flexibility index (Phi) is 3.82. The predicted molar refractivity (Wildman–Crippen MR) is 92.0 cm³/mol. The van der Waals surface area contributed by atoms with E-state index in [1.54, 1.807) is 0 Å². The van der Waals surface area contributed by atoms with Gasteiger partial charge in [-0.15, -0.1) is 0 Å². The molecule has 3 aliphatic rings. The van der Waals surface area contributed by atoms with Crippen molar-refractivity contribution < 1.29 is 9.53 Å². The number of carbonyl (C=O) groups excluding carboxylic acids is 1. The molecule has 1 N–H and O–H groups in total. The number of hydrogen-bond donors (Lipinski definition) is 1. The maximum atomic E-state index is 12.9. The highest BCUT2D eigenvalue weighted by molar-refractivity contribution is 5.91. The van der Waals surface area contributed by atoms with Crippen LogP contribution < -0.4 is 5.32 Å². The molecule has 1 aliphatic carbocycles. The van der Waals surface area contributed by atoms with E-state index in [2.05, 4.69) is 15.3 Å². The van der Waals surface area contributed by atoms with E-state index in [1.165, 1.54) is 19.3 Å². The Balaban J connectivity index is 1.51. The van der Waals surface area contributed by atoms with Gasteiger partial charge in [0.1, 0.15) is 0 Å². The van der Waals surface area contributed by atoms with Crippen LogP contribution in [0, 0.1) is 25.2 Å². The minimum Gasteiger partial charge on any atom is -0.381 e. The Morgan fingerprint density at radius 3 is 2.54 bits per heavy atom. The molecule has 0 bridgehead atoms. The Morgan fingerprint density at radius 1 is 1.29 bits per heavy atom. The fraction of sp³-hybridized carbons (Fsp3) is 0.778. The molecule has 1 atom stereocenters. The van der Waals surface area contributed by atoms with Crippen molar-refractivity contribution in [3.8, 4) is 0 Å². The largest absolute Gasteiger partial charge is 0.381 e. The molecule has 3 fully saturated rings. The first-order chi connectivity index (χ1) is 11.5. The second-order valence-corrected chi connectivity index (χ2v) is 7.84. The third-order valence-corrected chi connectivity index (χ3v) is 6.51. The lowest BCUT2D eigenvalue weighted by Crippen LogP contribution is -2.72. The first-order valence-corrected chi connectivity index (χ1v) is 9.17. The van der Waals surface area contributed by atoms with Gasteiger partial charge >= 0.3 is 6.03 Å². The van der Waals surface area contributed by atoms with Crippen LogP contribution in [-0.2, 0) is 11.8 Å². The van der Waals surface area contributed by atoms with Crippen molar-refractivity contribution in [1.29, 1.82) is 0 Å². The van der Waals surface area contributed by atoms with Crippen molar-refractivity contribution in [3.05, 3.63) is 11.4 Å². The molecule has 2 saturated heterocycles. The maximum absolute atomic E-state index is 12.9. The molecule has 1 saturated carbocycles. The van der Waals surface area contributed by atoms with Crippen LogP contribution in [0.2, 0.25) is 0 Å². The first-order valence-electron chi connectivity index (χ1n) is 9.17. The molecule has 6 heteroatoms. The number of nitrogens with zero attached hydrogens (tertiary/aromatic N) is 3. The fourth-order valence-corrected chi connectivity index (χ4v) is 4.95. The van der Waals surface area contributed by atoms with Gasteiger partial charge in [-0.3, -0.25) is 4.68 Å². The van der Waals surface area contributed by atoms with Crippen LogP contribution in [0.5, 0.6) is 0 Å². The van der Waals surface area contributed by atoms with Gasteiger partial charge < -0.3 is 15.0 Å². The Labute approximate surface area is 143 Å². The van der Waals surface area contributed by atoms with E-state index in [0.717, 1.165) is 49.7 Å². The second kappa shape index (κ2) is 5.76. The number of nitrogens with one attached hydrogen (secondary N) is 1. The normalized spacial score (nSPS) is 26.1. The number of rotatable bonds is 2. The van der Waals surface area contributed by atoms with E-state index in [4.69, 9.17) is 4.74 Å². The molecule has 2 aliphatic heterocycles. The molecule has 6 nitrogen and oxygen atoms in total. The van der Waals surface area contributed by atoms with Gasteiger partial charge in [-0.2, -0.15) is 5.10 Å². The molecule has 3 heterocycles. The van der Waals surface area contributed by atoms with Crippen molar-refractivity contribution in [1.82, 2.24) is 14.7 Å². The number of carbonyl (C=O) groups is 1. The van der Waals surface area contributed by atoms with E-state index >= 15 is 0 Å². The molecule has 1 unspecified atom stereocenters. The van der Waals surface area contributed by atoms with Crippen molar-refractivity contribution in [2.45, 2.75) is 52.0 Å². The Morgan fingerprint density at radius 2 is 2.00 bits per heavy atom. The number of likely N-dealkylation sites (tertiary alicyclic amines) is 1. The predicted octanol–water partition coefficient (Wildman–Crippen LogP) is 2.85. The highest BCUT2D eigenvalue weighted by atomic mass is 16.5. The number of amides is 2. The zero-order chi connectivity index (χ0) is 16.9. The number of anilines is 1. The summed E-state index contributed by atoms with van der Waals surface area (Å²) in [4.78, 5) is 15.0. The molecular weight excluding hydrogens is 304 g/mol. The van der Waals surface area contributed by atoms with Crippen molar-refractivity contribution in [3.63, 3.8) is 0 Å². The molecule has 132 valence electrons. The summed E-state index contributed by atoms with van der Waals surface area (Å²) in [5.74, 6) is 0.592. The Hall–Kier alpha value is -1.56. The van der Waals surface area contributed by atoms with Gasteiger partial charge in [0.05, 0.1) is 17.1 Å². The SMILES string of the molecule is Cc1nn(C)c(C)c1NC(=O)N1CC2(CCC2)C1C1CCOCC1. The third-order valence-electron chi connectivity index (χ3n) is 6.51. The number of hydrogen-bond acceptors (Lipinski definition) is 3. The number of urea groups is 1. The van der Waals surface area contributed by atoms with Crippen LogP contribution in [0.15, 0.2) is 0 Å². The Bertz CT molecular complexity index is 644. The minimum absolute atomic E-state index is 0.0446. The smallest absolute Gasteiger partial charge is 0.322 e. The summed E-state index contributed by atoms with van der Waals surface area (Å²) in [6.45, 7) is 6.54. The highest BCUT2D eigenvalue weighted by Gasteiger charge is 2.59. The van der Waals surface area contributed by atoms with E-state index in [-0.39, 0.29) is 6.03 Å². The summed E-state index contributed by atoms with van der Waals surface area (Å²) in [6, 6.07) is 0.440. The maximum Gasteiger partial charge on any atom is 0.322 e. The van der Waals surface area contributed by atoms with Gasteiger partial charge in [0, 0.05) is 38.3 Å². The van der Waals surface area contributed by atoms with Crippen LogP contribution in [-0.4, -0.2) is 46.5 Å². The van der Waals surface area contributed by atoms with Gasteiger partial charge in [0.2, 0.25) is 0 Å². The number of aromatic nitrogens is 2. The van der Waals surface area contributed by atoms with E-state index in [0.29, 0.717) is 17.4 Å². The lowest BCUT2D eigenvalue weighted by molar-refractivity contribution is -0.135. The summed E-state index contributed by atoms with van der Waals surface area (Å²) >= 11 is 0. The summed E-state index contributed by atoms with van der Waals surface area (Å²) in [5.41, 5.74) is 3.15. The fourth-order valence-electron chi connectivity index (χ4n) is 4.95. The lowest BCUT2D eigenvalue weighted by atomic mass is 9.54. The van der Waals surface area contributed by atoms with E-state index in [1.807, 2.05) is 25.6 Å². The molecule has 1 spiro atoms. The highest BCUT2D eigenvalue weighted by Crippen LogP contribution is 2.56. The van der Waals surface area contributed by atoms with E-state index < -0.39 is 0 Å². The standard InChI is InChI=1S/C18H28N4O2/c1-12-15(13(2)21(3)20-12)19-17(23)22-11-18(7-4-8-18)16(22)14-5-9-24-10-6-14/h14,16H,4-11H2,1-3H3,(H,19,23). The third kappa shape index (κ3) is 2.34. The van der Waals surface area contributed by atoms with Gasteiger partial charge in [0.15, 0.2) is 0 Å². The topological polar surface area (TPSA) is 59.4 Å². The quantitative estimate of drug-likeness (QED) is 0.906. The van der Waals surface area contributed by atoms with Crippen LogP contribution in [0.4, 0.5) is 10.5 Å². The zero-order valence-electron chi connectivity index (χ0n) is 15.0. The average Bonchev–Trinajstić information content (AvgIpc) is 2.72. The summed E-state index contributed by atoms with van der Waals surface area (Å²) in [6.07, 6.45) is 6.05. The molecule has 4 rings (SSSR count). The molecule has 24 heavy (non-hydrogen) atoms. The summed E-state index contributed by atoms with van der Waals surface area (Å²) < 4.78 is 7.36. The molecular formula is C18H28N4O2. The van der Waals surface area contributed by atoms with Gasteiger partial charge in [-0.25, -0.2) is 4.79 Å². The van der Waals surface area contributed by atoms with Gasteiger partial charge in [0.25, 0.3) is 0 Å². The van der Waals surface area contributed by atoms with Gasteiger partial charge in [-0.05, 0) is 45.4 Å². The molecule has 0 aromatic carbocycles. The average molecular weight is 332 g/mol.